The molecule has 1 aliphatic rings. The topological polar surface area (TPSA) is 52.6 Å². The molecule has 0 spiro atoms. The van der Waals surface area contributed by atoms with Crippen molar-refractivity contribution in [3.05, 3.63) is 12.2 Å². The summed E-state index contributed by atoms with van der Waals surface area (Å²) < 4.78 is 9.44. The van der Waals surface area contributed by atoms with Gasteiger partial charge in [-0.1, -0.05) is 25.8 Å². The predicted octanol–water partition coefficient (Wildman–Crippen LogP) is 1.84. The van der Waals surface area contributed by atoms with Gasteiger partial charge in [0.05, 0.1) is 19.6 Å². The number of carbonyl (C=O) groups is 2. The lowest BCUT2D eigenvalue weighted by Gasteiger charge is -2.34. The third-order valence-corrected chi connectivity index (χ3v) is 3.29. The van der Waals surface area contributed by atoms with Crippen molar-refractivity contribution in [1.29, 1.82) is 0 Å². The Bertz CT molecular complexity index is 300. The average molecular weight is 226 g/mol. The first-order chi connectivity index (χ1) is 7.58. The van der Waals surface area contributed by atoms with Crippen LogP contribution in [0.4, 0.5) is 0 Å². The minimum absolute atomic E-state index is 0.224. The maximum Gasteiger partial charge on any atom is 0.334 e. The number of esters is 2. The normalized spacial score (nSPS) is 18.6. The number of methoxy groups -OCH3 is 2. The fraction of sp³-hybridized carbons (Fsp3) is 0.667. The summed E-state index contributed by atoms with van der Waals surface area (Å²) >= 11 is 0. The van der Waals surface area contributed by atoms with Crippen LogP contribution in [-0.4, -0.2) is 26.2 Å². The summed E-state index contributed by atoms with van der Waals surface area (Å²) in [6.07, 6.45) is 4.13. The summed E-state index contributed by atoms with van der Waals surface area (Å²) in [6.45, 7) is 3.71. The molecule has 1 rings (SSSR count). The van der Waals surface area contributed by atoms with Crippen LogP contribution in [0.3, 0.4) is 0 Å². The number of carbonyl (C=O) groups excluding carboxylic acids is 2. The summed E-state index contributed by atoms with van der Waals surface area (Å²) in [5.41, 5.74) is -0.637. The molecule has 4 nitrogen and oxygen atoms in total. The van der Waals surface area contributed by atoms with Crippen LogP contribution in [-0.2, 0) is 19.1 Å². The van der Waals surface area contributed by atoms with E-state index < -0.39 is 11.4 Å². The van der Waals surface area contributed by atoms with Gasteiger partial charge in [-0.3, -0.25) is 4.79 Å². The number of hydrogen-bond acceptors (Lipinski definition) is 4. The lowest BCUT2D eigenvalue weighted by atomic mass is 9.69. The summed E-state index contributed by atoms with van der Waals surface area (Å²) in [5, 5.41) is 0. The van der Waals surface area contributed by atoms with E-state index in [0.29, 0.717) is 12.8 Å². The molecule has 0 heterocycles. The largest absolute Gasteiger partial charge is 0.468 e. The molecule has 90 valence electrons. The summed E-state index contributed by atoms with van der Waals surface area (Å²) in [7, 11) is 2.63. The molecule has 4 heteroatoms. The van der Waals surface area contributed by atoms with Gasteiger partial charge in [-0.05, 0) is 12.8 Å². The molecule has 0 aromatic carbocycles. The molecule has 0 N–H and O–H groups in total. The van der Waals surface area contributed by atoms with Crippen LogP contribution in [0, 0.1) is 5.41 Å². The Balaban J connectivity index is 2.98. The van der Waals surface area contributed by atoms with E-state index in [4.69, 9.17) is 4.74 Å². The Morgan fingerprint density at radius 1 is 1.06 bits per heavy atom. The van der Waals surface area contributed by atoms with Crippen LogP contribution in [0.25, 0.3) is 0 Å². The highest BCUT2D eigenvalue weighted by atomic mass is 16.5. The average Bonchev–Trinajstić information content (AvgIpc) is 2.36. The number of rotatable bonds is 3. The zero-order valence-corrected chi connectivity index (χ0v) is 9.88. The molecule has 1 aliphatic carbocycles. The lowest BCUT2D eigenvalue weighted by Crippen LogP contribution is -2.39. The highest BCUT2D eigenvalue weighted by molar-refractivity contribution is 5.97. The first kappa shape index (κ1) is 12.7. The third-order valence-electron chi connectivity index (χ3n) is 3.29. The Kier molecular flexibility index (Phi) is 4.10. The lowest BCUT2D eigenvalue weighted by molar-refractivity contribution is -0.155. The van der Waals surface area contributed by atoms with Gasteiger partial charge in [0.1, 0.15) is 0 Å². The highest BCUT2D eigenvalue weighted by Gasteiger charge is 2.46. The van der Waals surface area contributed by atoms with E-state index in [1.807, 2.05) is 0 Å². The van der Waals surface area contributed by atoms with Gasteiger partial charge in [0, 0.05) is 5.57 Å². The minimum atomic E-state index is -0.861. The van der Waals surface area contributed by atoms with E-state index in [1.54, 1.807) is 0 Å². The van der Waals surface area contributed by atoms with Gasteiger partial charge in [0.25, 0.3) is 0 Å². The monoisotopic (exact) mass is 226 g/mol. The zero-order chi connectivity index (χ0) is 12.2. The Morgan fingerprint density at radius 2 is 1.62 bits per heavy atom. The van der Waals surface area contributed by atoms with Gasteiger partial charge in [-0.2, -0.15) is 0 Å². The van der Waals surface area contributed by atoms with Crippen LogP contribution >= 0.6 is 0 Å². The molecule has 0 unspecified atom stereocenters. The summed E-state index contributed by atoms with van der Waals surface area (Å²) in [4.78, 5) is 23.4. The van der Waals surface area contributed by atoms with Crippen molar-refractivity contribution in [3.8, 4) is 0 Å². The second kappa shape index (κ2) is 5.14. The summed E-state index contributed by atoms with van der Waals surface area (Å²) in [6, 6.07) is 0. The molecule has 0 aromatic heterocycles. The van der Waals surface area contributed by atoms with Crippen molar-refractivity contribution in [2.24, 2.45) is 5.41 Å². The zero-order valence-electron chi connectivity index (χ0n) is 9.88. The molecule has 0 aromatic rings. The summed E-state index contributed by atoms with van der Waals surface area (Å²) in [5.74, 6) is -0.894. The number of ether oxygens (including phenoxy) is 2. The maximum atomic E-state index is 11.9. The van der Waals surface area contributed by atoms with Gasteiger partial charge in [-0.15, -0.1) is 0 Å². The molecular weight excluding hydrogens is 208 g/mol. The molecule has 1 saturated carbocycles. The molecular formula is C12H18O4. The van der Waals surface area contributed by atoms with Crippen LogP contribution in [0.1, 0.15) is 32.1 Å². The van der Waals surface area contributed by atoms with Crippen molar-refractivity contribution >= 4 is 11.9 Å². The molecule has 0 amide bonds. The van der Waals surface area contributed by atoms with Gasteiger partial charge in [-0.25, -0.2) is 4.79 Å². The smallest absolute Gasteiger partial charge is 0.334 e. The third kappa shape index (κ3) is 2.10. The van der Waals surface area contributed by atoms with Crippen molar-refractivity contribution in [1.82, 2.24) is 0 Å². The number of hydrogen-bond donors (Lipinski definition) is 0. The van der Waals surface area contributed by atoms with E-state index in [2.05, 4.69) is 11.3 Å². The van der Waals surface area contributed by atoms with Crippen molar-refractivity contribution in [3.63, 3.8) is 0 Å². The van der Waals surface area contributed by atoms with E-state index in [0.717, 1.165) is 19.3 Å². The first-order valence-corrected chi connectivity index (χ1v) is 5.44. The fourth-order valence-corrected chi connectivity index (χ4v) is 2.30. The van der Waals surface area contributed by atoms with Crippen LogP contribution in [0.2, 0.25) is 0 Å². The highest BCUT2D eigenvalue weighted by Crippen LogP contribution is 2.43. The van der Waals surface area contributed by atoms with Crippen molar-refractivity contribution in [2.45, 2.75) is 32.1 Å². The molecule has 0 saturated heterocycles. The molecule has 16 heavy (non-hydrogen) atoms. The molecule has 0 bridgehead atoms. The fourth-order valence-electron chi connectivity index (χ4n) is 2.30. The molecule has 0 atom stereocenters. The van der Waals surface area contributed by atoms with E-state index in [9.17, 15) is 9.59 Å². The van der Waals surface area contributed by atoms with E-state index in [-0.39, 0.29) is 11.5 Å². The Labute approximate surface area is 95.6 Å². The molecule has 1 fully saturated rings. The van der Waals surface area contributed by atoms with Crippen molar-refractivity contribution in [2.75, 3.05) is 14.2 Å². The Morgan fingerprint density at radius 3 is 2.06 bits per heavy atom. The maximum absolute atomic E-state index is 11.9. The van der Waals surface area contributed by atoms with Crippen LogP contribution in [0.15, 0.2) is 12.2 Å². The Hall–Kier alpha value is -1.32. The van der Waals surface area contributed by atoms with Gasteiger partial charge < -0.3 is 9.47 Å². The van der Waals surface area contributed by atoms with Crippen molar-refractivity contribution < 1.29 is 19.1 Å². The second-order valence-corrected chi connectivity index (χ2v) is 4.10. The van der Waals surface area contributed by atoms with E-state index >= 15 is 0 Å². The van der Waals surface area contributed by atoms with Crippen LogP contribution < -0.4 is 0 Å². The minimum Gasteiger partial charge on any atom is -0.468 e. The molecule has 0 radical (unpaired) electrons. The SMILES string of the molecule is C=C(C(=O)OC)C1(C(=O)OC)CCCCC1. The molecule has 0 aliphatic heterocycles. The second-order valence-electron chi connectivity index (χ2n) is 4.10. The first-order valence-electron chi connectivity index (χ1n) is 5.44. The quantitative estimate of drug-likeness (QED) is 0.544. The van der Waals surface area contributed by atoms with Gasteiger partial charge in [0.15, 0.2) is 0 Å². The standard InChI is InChI=1S/C12H18O4/c1-9(10(13)15-2)12(11(14)16-3)7-5-4-6-8-12/h1,4-8H2,2-3H3. The van der Waals surface area contributed by atoms with E-state index in [1.165, 1.54) is 14.2 Å². The van der Waals surface area contributed by atoms with Gasteiger partial charge in [0.2, 0.25) is 0 Å². The van der Waals surface area contributed by atoms with Crippen LogP contribution in [0.5, 0.6) is 0 Å². The van der Waals surface area contributed by atoms with Gasteiger partial charge >= 0.3 is 11.9 Å². The predicted molar refractivity (Wildman–Crippen MR) is 58.7 cm³/mol.